The quantitative estimate of drug-likeness (QED) is 0.846. The average Bonchev–Trinajstić information content (AvgIpc) is 3.16. The number of hydrogen-bond donors (Lipinski definition) is 2. The molecule has 1 amide bonds. The second-order valence-corrected chi connectivity index (χ2v) is 8.31. The largest absolute Gasteiger partial charge is 0.337 e. The van der Waals surface area contributed by atoms with Gasteiger partial charge in [-0.05, 0) is 42.5 Å². The van der Waals surface area contributed by atoms with E-state index < -0.39 is 5.54 Å². The van der Waals surface area contributed by atoms with Gasteiger partial charge in [0, 0.05) is 10.9 Å². The molecule has 2 rings (SSSR count). The van der Waals surface area contributed by atoms with Crippen LogP contribution in [0.2, 0.25) is 0 Å². The van der Waals surface area contributed by atoms with Gasteiger partial charge in [-0.2, -0.15) is 5.26 Å². The highest BCUT2D eigenvalue weighted by Crippen LogP contribution is 2.39. The first kappa shape index (κ1) is 17.0. The maximum Gasteiger partial charge on any atom is 0.235 e. The number of rotatable bonds is 6. The zero-order chi connectivity index (χ0) is 16.4. The molecule has 0 saturated heterocycles. The van der Waals surface area contributed by atoms with E-state index in [0.717, 1.165) is 12.8 Å². The van der Waals surface area contributed by atoms with Crippen LogP contribution in [0.3, 0.4) is 0 Å². The minimum atomic E-state index is -0.723. The minimum Gasteiger partial charge on any atom is -0.337 e. The van der Waals surface area contributed by atoms with Crippen LogP contribution < -0.4 is 10.6 Å². The van der Waals surface area contributed by atoms with Gasteiger partial charge in [-0.1, -0.05) is 26.8 Å². The maximum absolute atomic E-state index is 12.2. The predicted octanol–water partition coefficient (Wildman–Crippen LogP) is 3.23. The smallest absolute Gasteiger partial charge is 0.235 e. The van der Waals surface area contributed by atoms with Gasteiger partial charge in [0.25, 0.3) is 0 Å². The normalized spacial score (nSPS) is 19.0. The van der Waals surface area contributed by atoms with Gasteiger partial charge in [0.05, 0.1) is 12.6 Å². The van der Waals surface area contributed by atoms with E-state index in [-0.39, 0.29) is 23.9 Å². The molecule has 0 unspecified atom stereocenters. The molecule has 1 heterocycles. The molecule has 0 radical (unpaired) electrons. The molecular formula is C17H25N3OS. The lowest BCUT2D eigenvalue weighted by Crippen LogP contribution is -2.50. The summed E-state index contributed by atoms with van der Waals surface area (Å²) in [5.74, 6) is 0.193. The van der Waals surface area contributed by atoms with Gasteiger partial charge in [-0.15, -0.1) is 11.3 Å². The van der Waals surface area contributed by atoms with Crippen molar-refractivity contribution >= 4 is 17.2 Å². The van der Waals surface area contributed by atoms with E-state index >= 15 is 0 Å². The standard InChI is InChI=1S/C17H25N3OS/c1-16(2,3)15(13-6-5-9-22-13)19-10-14(21)20-17(4,11-18)12-7-8-12/h5-6,9,12,15,19H,7-8,10H2,1-4H3,(H,20,21)/t15-,17-/m0/s1. The number of thiophene rings is 1. The van der Waals surface area contributed by atoms with E-state index in [1.807, 2.05) is 13.0 Å². The number of nitriles is 1. The van der Waals surface area contributed by atoms with Crippen LogP contribution in [0.15, 0.2) is 17.5 Å². The Bertz CT molecular complexity index is 551. The SMILES string of the molecule is CC(C)(C)[C@@H](NCC(=O)N[C@@](C)(C#N)C1CC1)c1cccs1. The van der Waals surface area contributed by atoms with E-state index in [0.29, 0.717) is 5.92 Å². The highest BCUT2D eigenvalue weighted by atomic mass is 32.1. The van der Waals surface area contributed by atoms with Crippen LogP contribution in [0, 0.1) is 22.7 Å². The average molecular weight is 319 g/mol. The second-order valence-electron chi connectivity index (χ2n) is 7.33. The summed E-state index contributed by atoms with van der Waals surface area (Å²) < 4.78 is 0. The fourth-order valence-electron chi connectivity index (χ4n) is 2.70. The van der Waals surface area contributed by atoms with Crippen molar-refractivity contribution in [3.63, 3.8) is 0 Å². The van der Waals surface area contributed by atoms with Crippen molar-refractivity contribution in [2.24, 2.45) is 11.3 Å². The summed E-state index contributed by atoms with van der Waals surface area (Å²) in [5.41, 5.74) is -0.709. The van der Waals surface area contributed by atoms with Gasteiger partial charge in [0.15, 0.2) is 0 Å². The van der Waals surface area contributed by atoms with E-state index in [4.69, 9.17) is 0 Å². The molecule has 1 fully saturated rings. The summed E-state index contributed by atoms with van der Waals surface area (Å²) in [5, 5.41) is 17.6. The number of hydrogen-bond acceptors (Lipinski definition) is 4. The van der Waals surface area contributed by atoms with Crippen LogP contribution in [0.1, 0.15) is 51.5 Å². The fourth-order valence-corrected chi connectivity index (χ4v) is 3.74. The highest BCUT2D eigenvalue weighted by Gasteiger charge is 2.43. The predicted molar refractivity (Wildman–Crippen MR) is 89.4 cm³/mol. The Morgan fingerprint density at radius 2 is 2.14 bits per heavy atom. The Kier molecular flexibility index (Phi) is 4.93. The number of carbonyl (C=O) groups is 1. The third kappa shape index (κ3) is 4.08. The highest BCUT2D eigenvalue weighted by molar-refractivity contribution is 7.10. The molecule has 1 aliphatic rings. The first-order chi connectivity index (χ1) is 10.3. The zero-order valence-electron chi connectivity index (χ0n) is 13.8. The molecule has 2 atom stereocenters. The molecule has 1 aromatic rings. The van der Waals surface area contributed by atoms with Crippen LogP contribution in [0.4, 0.5) is 0 Å². The summed E-state index contributed by atoms with van der Waals surface area (Å²) >= 11 is 1.70. The van der Waals surface area contributed by atoms with Crippen LogP contribution >= 0.6 is 11.3 Å². The molecule has 2 N–H and O–H groups in total. The van der Waals surface area contributed by atoms with E-state index in [1.165, 1.54) is 4.88 Å². The lowest BCUT2D eigenvalue weighted by Gasteiger charge is -2.31. The minimum absolute atomic E-state index is 0.0140. The van der Waals surface area contributed by atoms with Gasteiger partial charge < -0.3 is 10.6 Å². The molecule has 0 aliphatic heterocycles. The van der Waals surface area contributed by atoms with Crippen LogP contribution in [-0.4, -0.2) is 18.0 Å². The molecule has 5 heteroatoms. The fraction of sp³-hybridized carbons (Fsp3) is 0.647. The van der Waals surface area contributed by atoms with Crippen molar-refractivity contribution in [1.82, 2.24) is 10.6 Å². The monoisotopic (exact) mass is 319 g/mol. The Morgan fingerprint density at radius 3 is 2.59 bits per heavy atom. The molecule has 1 saturated carbocycles. The Hall–Kier alpha value is -1.38. The molecule has 0 aromatic carbocycles. The summed E-state index contributed by atoms with van der Waals surface area (Å²) in [4.78, 5) is 13.5. The molecule has 1 aromatic heterocycles. The number of nitrogens with one attached hydrogen (secondary N) is 2. The summed E-state index contributed by atoms with van der Waals surface area (Å²) in [7, 11) is 0. The summed E-state index contributed by atoms with van der Waals surface area (Å²) in [6.07, 6.45) is 2.05. The van der Waals surface area contributed by atoms with Gasteiger partial charge in [-0.25, -0.2) is 0 Å². The Balaban J connectivity index is 1.95. The summed E-state index contributed by atoms with van der Waals surface area (Å²) in [6.45, 7) is 8.52. The van der Waals surface area contributed by atoms with Gasteiger partial charge in [0.2, 0.25) is 5.91 Å². The maximum atomic E-state index is 12.2. The van der Waals surface area contributed by atoms with Gasteiger partial charge in [0.1, 0.15) is 5.54 Å². The van der Waals surface area contributed by atoms with Gasteiger partial charge in [-0.3, -0.25) is 4.79 Å². The zero-order valence-corrected chi connectivity index (χ0v) is 14.6. The number of nitrogens with zero attached hydrogens (tertiary/aromatic N) is 1. The van der Waals surface area contributed by atoms with E-state index in [2.05, 4.69) is 48.9 Å². The lowest BCUT2D eigenvalue weighted by atomic mass is 9.86. The van der Waals surface area contributed by atoms with Crippen LogP contribution in [-0.2, 0) is 4.79 Å². The van der Waals surface area contributed by atoms with Crippen molar-refractivity contribution in [1.29, 1.82) is 5.26 Å². The van der Waals surface area contributed by atoms with Crippen molar-refractivity contribution in [2.45, 2.75) is 52.1 Å². The molecule has 0 spiro atoms. The van der Waals surface area contributed by atoms with Crippen molar-refractivity contribution < 1.29 is 4.79 Å². The first-order valence-electron chi connectivity index (χ1n) is 7.75. The van der Waals surface area contributed by atoms with Gasteiger partial charge >= 0.3 is 0 Å². The van der Waals surface area contributed by atoms with E-state index in [1.54, 1.807) is 11.3 Å². The van der Waals surface area contributed by atoms with Crippen LogP contribution in [0.25, 0.3) is 0 Å². The molecular weight excluding hydrogens is 294 g/mol. The third-order valence-electron chi connectivity index (χ3n) is 4.19. The van der Waals surface area contributed by atoms with E-state index in [9.17, 15) is 10.1 Å². The summed E-state index contributed by atoms with van der Waals surface area (Å²) in [6, 6.07) is 6.50. The molecule has 120 valence electrons. The topological polar surface area (TPSA) is 64.9 Å². The number of carbonyl (C=O) groups excluding carboxylic acids is 1. The number of amides is 1. The first-order valence-corrected chi connectivity index (χ1v) is 8.63. The Morgan fingerprint density at radius 1 is 1.45 bits per heavy atom. The third-order valence-corrected chi connectivity index (χ3v) is 5.12. The molecule has 4 nitrogen and oxygen atoms in total. The van der Waals surface area contributed by atoms with Crippen molar-refractivity contribution in [3.8, 4) is 6.07 Å². The lowest BCUT2D eigenvalue weighted by molar-refractivity contribution is -0.121. The van der Waals surface area contributed by atoms with Crippen LogP contribution in [0.5, 0.6) is 0 Å². The molecule has 0 bridgehead atoms. The molecule has 22 heavy (non-hydrogen) atoms. The molecule has 1 aliphatic carbocycles. The second kappa shape index (κ2) is 6.39. The Labute approximate surface area is 136 Å². The van der Waals surface area contributed by atoms with Crippen molar-refractivity contribution in [2.75, 3.05) is 6.54 Å². The van der Waals surface area contributed by atoms with Crippen molar-refractivity contribution in [3.05, 3.63) is 22.4 Å².